The largest absolute Gasteiger partial charge is 0.396 e. The molecule has 0 unspecified atom stereocenters. The van der Waals surface area contributed by atoms with Crippen LogP contribution in [0.15, 0.2) is 12.4 Å². The lowest BCUT2D eigenvalue weighted by atomic mass is 10.3. The average molecular weight is 174 g/mol. The van der Waals surface area contributed by atoms with Gasteiger partial charge in [0, 0.05) is 0 Å². The highest BCUT2D eigenvalue weighted by atomic mass is 14.9. The second-order valence-electron chi connectivity index (χ2n) is 2.99. The van der Waals surface area contributed by atoms with Gasteiger partial charge in [-0.2, -0.15) is 0 Å². The third-order valence-corrected chi connectivity index (χ3v) is 2.02. The minimum Gasteiger partial charge on any atom is -0.396 e. The number of pyridine rings is 1. The zero-order chi connectivity index (χ0) is 9.42. The van der Waals surface area contributed by atoms with Crippen molar-refractivity contribution in [3.05, 3.63) is 23.8 Å². The van der Waals surface area contributed by atoms with Crippen molar-refractivity contribution in [3.63, 3.8) is 0 Å². The number of anilines is 1. The first-order valence-corrected chi connectivity index (χ1v) is 4.03. The predicted octanol–water partition coefficient (Wildman–Crippen LogP) is 1.22. The molecule has 0 saturated carbocycles. The summed E-state index contributed by atoms with van der Waals surface area (Å²) in [4.78, 5) is 12.6. The number of nitrogens with two attached hydrogens (primary N) is 1. The molecule has 0 amide bonds. The Labute approximate surface area is 75.8 Å². The number of nitrogens with zero attached hydrogens (tertiary/aromatic N) is 3. The Morgan fingerprint density at radius 3 is 2.54 bits per heavy atom. The van der Waals surface area contributed by atoms with Crippen LogP contribution in [-0.4, -0.2) is 15.0 Å². The lowest BCUT2D eigenvalue weighted by Crippen LogP contribution is -1.97. The Kier molecular flexibility index (Phi) is 1.62. The predicted molar refractivity (Wildman–Crippen MR) is 51.2 cm³/mol. The van der Waals surface area contributed by atoms with E-state index in [2.05, 4.69) is 15.0 Å². The molecule has 0 saturated heterocycles. The van der Waals surface area contributed by atoms with Crippen molar-refractivity contribution in [2.45, 2.75) is 13.8 Å². The molecule has 2 rings (SSSR count). The summed E-state index contributed by atoms with van der Waals surface area (Å²) in [6.45, 7) is 3.84. The van der Waals surface area contributed by atoms with E-state index in [-0.39, 0.29) is 0 Å². The van der Waals surface area contributed by atoms with Crippen LogP contribution in [0.2, 0.25) is 0 Å². The zero-order valence-electron chi connectivity index (χ0n) is 7.57. The third-order valence-electron chi connectivity index (χ3n) is 2.02. The fourth-order valence-corrected chi connectivity index (χ4v) is 1.17. The maximum Gasteiger partial charge on any atom is 0.115 e. The van der Waals surface area contributed by atoms with Gasteiger partial charge in [-0.25, -0.2) is 9.97 Å². The monoisotopic (exact) mass is 174 g/mol. The Morgan fingerprint density at radius 2 is 1.77 bits per heavy atom. The van der Waals surface area contributed by atoms with Crippen LogP contribution in [0.1, 0.15) is 11.4 Å². The summed E-state index contributed by atoms with van der Waals surface area (Å²) in [5, 5.41) is 0. The van der Waals surface area contributed by atoms with Crippen molar-refractivity contribution in [3.8, 4) is 0 Å². The van der Waals surface area contributed by atoms with E-state index >= 15 is 0 Å². The van der Waals surface area contributed by atoms with Gasteiger partial charge in [-0.1, -0.05) is 0 Å². The van der Waals surface area contributed by atoms with Crippen LogP contribution >= 0.6 is 0 Å². The minimum absolute atomic E-state index is 0.577. The molecule has 2 N–H and O–H groups in total. The lowest BCUT2D eigenvalue weighted by molar-refractivity contribution is 1.09. The van der Waals surface area contributed by atoms with Crippen LogP contribution in [0.3, 0.4) is 0 Å². The third kappa shape index (κ3) is 1.20. The van der Waals surface area contributed by atoms with Gasteiger partial charge < -0.3 is 5.73 Å². The summed E-state index contributed by atoms with van der Waals surface area (Å²) in [5.41, 5.74) is 9.60. The molecular weight excluding hydrogens is 164 g/mol. The number of fused-ring (bicyclic) bond motifs is 1. The molecule has 0 bridgehead atoms. The van der Waals surface area contributed by atoms with Gasteiger partial charge in [-0.15, -0.1) is 0 Å². The van der Waals surface area contributed by atoms with Crippen LogP contribution in [0, 0.1) is 13.8 Å². The number of nitrogen functional groups attached to an aromatic ring is 1. The number of hydrogen-bond acceptors (Lipinski definition) is 4. The van der Waals surface area contributed by atoms with Crippen molar-refractivity contribution in [2.75, 3.05) is 5.73 Å². The molecule has 0 spiro atoms. The topological polar surface area (TPSA) is 64.7 Å². The van der Waals surface area contributed by atoms with E-state index in [1.807, 2.05) is 13.8 Å². The first kappa shape index (κ1) is 7.91. The molecule has 13 heavy (non-hydrogen) atoms. The fourth-order valence-electron chi connectivity index (χ4n) is 1.17. The molecule has 4 heteroatoms. The Bertz CT molecular complexity index is 464. The normalized spacial score (nSPS) is 10.6. The molecule has 0 atom stereocenters. The molecule has 66 valence electrons. The molecule has 0 radical (unpaired) electrons. The number of hydrogen-bond donors (Lipinski definition) is 1. The zero-order valence-corrected chi connectivity index (χ0v) is 7.57. The maximum atomic E-state index is 5.71. The van der Waals surface area contributed by atoms with Gasteiger partial charge >= 0.3 is 0 Å². The molecule has 0 aliphatic rings. The maximum absolute atomic E-state index is 5.71. The molecular formula is C9H10N4. The standard InChI is InChI=1S/C9H10N4/c1-5-6(2)13-9-7(10)3-11-4-8(9)12-5/h3-4H,10H2,1-2H3. The molecule has 2 aromatic rings. The quantitative estimate of drug-likeness (QED) is 0.652. The smallest absolute Gasteiger partial charge is 0.115 e. The van der Waals surface area contributed by atoms with E-state index in [0.717, 1.165) is 22.4 Å². The van der Waals surface area contributed by atoms with E-state index in [0.29, 0.717) is 5.69 Å². The summed E-state index contributed by atoms with van der Waals surface area (Å²) < 4.78 is 0. The van der Waals surface area contributed by atoms with Crippen LogP contribution in [0.5, 0.6) is 0 Å². The fraction of sp³-hybridized carbons (Fsp3) is 0.222. The van der Waals surface area contributed by atoms with E-state index in [1.54, 1.807) is 12.4 Å². The molecule has 2 aromatic heterocycles. The number of aromatic nitrogens is 3. The highest BCUT2D eigenvalue weighted by molar-refractivity contribution is 5.85. The SMILES string of the molecule is Cc1nc2cncc(N)c2nc1C. The second kappa shape index (κ2) is 2.65. The van der Waals surface area contributed by atoms with E-state index in [9.17, 15) is 0 Å². The van der Waals surface area contributed by atoms with E-state index in [4.69, 9.17) is 5.73 Å². The van der Waals surface area contributed by atoms with Crippen molar-refractivity contribution >= 4 is 16.7 Å². The van der Waals surface area contributed by atoms with Crippen molar-refractivity contribution in [1.82, 2.24) is 15.0 Å². The van der Waals surface area contributed by atoms with E-state index < -0.39 is 0 Å². The van der Waals surface area contributed by atoms with Crippen LogP contribution in [0.4, 0.5) is 5.69 Å². The highest BCUT2D eigenvalue weighted by Gasteiger charge is 2.03. The Hall–Kier alpha value is -1.71. The van der Waals surface area contributed by atoms with Gasteiger partial charge in [-0.3, -0.25) is 4.98 Å². The van der Waals surface area contributed by atoms with Crippen molar-refractivity contribution < 1.29 is 0 Å². The summed E-state index contributed by atoms with van der Waals surface area (Å²) >= 11 is 0. The summed E-state index contributed by atoms with van der Waals surface area (Å²) in [6, 6.07) is 0. The molecule has 0 aliphatic carbocycles. The molecule has 0 aromatic carbocycles. The lowest BCUT2D eigenvalue weighted by Gasteiger charge is -2.02. The summed E-state index contributed by atoms with van der Waals surface area (Å²) in [5.74, 6) is 0. The molecule has 0 aliphatic heterocycles. The summed E-state index contributed by atoms with van der Waals surface area (Å²) in [7, 11) is 0. The number of rotatable bonds is 0. The molecule has 0 fully saturated rings. The first-order chi connectivity index (χ1) is 6.18. The van der Waals surface area contributed by atoms with Crippen LogP contribution < -0.4 is 5.73 Å². The first-order valence-electron chi connectivity index (χ1n) is 4.03. The molecule has 2 heterocycles. The molecule has 4 nitrogen and oxygen atoms in total. The van der Waals surface area contributed by atoms with Gasteiger partial charge in [0.05, 0.1) is 29.5 Å². The van der Waals surface area contributed by atoms with Crippen molar-refractivity contribution in [1.29, 1.82) is 0 Å². The van der Waals surface area contributed by atoms with Gasteiger partial charge in [0.15, 0.2) is 0 Å². The Balaban J connectivity index is 2.89. The summed E-state index contributed by atoms with van der Waals surface area (Å²) in [6.07, 6.45) is 3.26. The van der Waals surface area contributed by atoms with Gasteiger partial charge in [-0.05, 0) is 13.8 Å². The van der Waals surface area contributed by atoms with Gasteiger partial charge in [0.25, 0.3) is 0 Å². The van der Waals surface area contributed by atoms with Crippen LogP contribution in [-0.2, 0) is 0 Å². The number of aryl methyl sites for hydroxylation is 2. The van der Waals surface area contributed by atoms with Crippen molar-refractivity contribution in [2.24, 2.45) is 0 Å². The Morgan fingerprint density at radius 1 is 1.08 bits per heavy atom. The highest BCUT2D eigenvalue weighted by Crippen LogP contribution is 2.16. The minimum atomic E-state index is 0.577. The van der Waals surface area contributed by atoms with Gasteiger partial charge in [0.1, 0.15) is 11.0 Å². The van der Waals surface area contributed by atoms with Crippen LogP contribution in [0.25, 0.3) is 11.0 Å². The second-order valence-corrected chi connectivity index (χ2v) is 2.99. The van der Waals surface area contributed by atoms with Gasteiger partial charge in [0.2, 0.25) is 0 Å². The van der Waals surface area contributed by atoms with E-state index in [1.165, 1.54) is 0 Å². The average Bonchev–Trinajstić information content (AvgIpc) is 2.09.